The summed E-state index contributed by atoms with van der Waals surface area (Å²) in [6.07, 6.45) is 8.05. The van der Waals surface area contributed by atoms with E-state index in [1.807, 2.05) is 13.8 Å². The highest BCUT2D eigenvalue weighted by Gasteiger charge is 2.15. The van der Waals surface area contributed by atoms with Gasteiger partial charge in [-0.2, -0.15) is 0 Å². The lowest BCUT2D eigenvalue weighted by Crippen LogP contribution is -2.15. The molecule has 0 aliphatic carbocycles. The van der Waals surface area contributed by atoms with E-state index in [1.165, 1.54) is 18.2 Å². The van der Waals surface area contributed by atoms with Crippen molar-refractivity contribution in [2.45, 2.75) is 52.6 Å². The Kier molecular flexibility index (Phi) is 14.6. The third kappa shape index (κ3) is 11.3. The summed E-state index contributed by atoms with van der Waals surface area (Å²) in [5.74, 6) is -2.38. The molecule has 0 aliphatic rings. The van der Waals surface area contributed by atoms with Crippen molar-refractivity contribution in [3.8, 4) is 0 Å². The molecule has 1 atom stereocenters. The molecule has 0 bridgehead atoms. The largest absolute Gasteiger partial charge is 0.373 e. The number of halogens is 3. The van der Waals surface area contributed by atoms with Gasteiger partial charge >= 0.3 is 0 Å². The molecule has 0 aliphatic heterocycles. The maximum absolute atomic E-state index is 14.5. The number of unbranched alkanes of at least 4 members (excludes halogenated alkanes) is 2. The molecule has 0 aromatic carbocycles. The van der Waals surface area contributed by atoms with Crippen molar-refractivity contribution in [1.29, 1.82) is 0 Å². The van der Waals surface area contributed by atoms with E-state index in [1.54, 1.807) is 13.0 Å². The van der Waals surface area contributed by atoms with E-state index in [9.17, 15) is 13.2 Å². The van der Waals surface area contributed by atoms with E-state index in [-0.39, 0.29) is 22.3 Å². The molecule has 0 rings (SSSR count). The zero-order valence-corrected chi connectivity index (χ0v) is 21.0. The second kappa shape index (κ2) is 15.9. The summed E-state index contributed by atoms with van der Waals surface area (Å²) in [6, 6.07) is 0. The Morgan fingerprint density at radius 3 is 1.97 bits per heavy atom. The Labute approximate surface area is 204 Å². The maximum atomic E-state index is 14.5. The van der Waals surface area contributed by atoms with Crippen molar-refractivity contribution in [3.05, 3.63) is 121 Å². The predicted octanol–water partition coefficient (Wildman–Crippen LogP) is 9.69. The summed E-state index contributed by atoms with van der Waals surface area (Å²) in [5.41, 5.74) is 0.869. The van der Waals surface area contributed by atoms with Gasteiger partial charge in [0.2, 0.25) is 0 Å². The van der Waals surface area contributed by atoms with Crippen LogP contribution in [0.1, 0.15) is 46.5 Å². The molecule has 0 amide bonds. The fourth-order valence-electron chi connectivity index (χ4n) is 2.54. The summed E-state index contributed by atoms with van der Waals surface area (Å²) in [6.45, 7) is 32.1. The predicted molar refractivity (Wildman–Crippen MR) is 141 cm³/mol. The SMILES string of the molecule is C=CCCCCC(=C)/C(F)=C(/F)C(=C)C(=C)/C=C\C(=C)C(=C)/C=C(/F)C(=C)C(C)OCC(C)C. The second-order valence-electron chi connectivity index (χ2n) is 8.54. The molecule has 0 spiro atoms. The fraction of sp³-hybridized carbons (Fsp3) is 0.333. The van der Waals surface area contributed by atoms with Crippen molar-refractivity contribution in [3.63, 3.8) is 0 Å². The molecule has 0 aromatic rings. The lowest BCUT2D eigenvalue weighted by molar-refractivity contribution is 0.0693. The number of allylic oxidation sites excluding steroid dienone is 11. The summed E-state index contributed by atoms with van der Waals surface area (Å²) >= 11 is 0. The molecule has 0 aromatic heterocycles. The average Bonchev–Trinajstić information content (AvgIpc) is 2.80. The van der Waals surface area contributed by atoms with Gasteiger partial charge in [-0.15, -0.1) is 6.58 Å². The van der Waals surface area contributed by atoms with Gasteiger partial charge in [-0.05, 0) is 66.9 Å². The van der Waals surface area contributed by atoms with E-state index in [2.05, 4.69) is 46.1 Å². The molecule has 4 heteroatoms. The molecule has 0 fully saturated rings. The van der Waals surface area contributed by atoms with Gasteiger partial charge in [0.1, 0.15) is 5.83 Å². The Morgan fingerprint density at radius 2 is 1.41 bits per heavy atom. The van der Waals surface area contributed by atoms with E-state index in [4.69, 9.17) is 4.74 Å². The van der Waals surface area contributed by atoms with Crippen LogP contribution in [0.5, 0.6) is 0 Å². The van der Waals surface area contributed by atoms with Crippen LogP contribution in [0.15, 0.2) is 121 Å². The first kappa shape index (κ1) is 31.1. The van der Waals surface area contributed by atoms with Gasteiger partial charge in [0.05, 0.1) is 6.10 Å². The zero-order chi connectivity index (χ0) is 26.4. The summed E-state index contributed by atoms with van der Waals surface area (Å²) in [7, 11) is 0. The molecule has 0 heterocycles. The number of hydrogen-bond donors (Lipinski definition) is 0. The molecule has 1 nitrogen and oxygen atoms in total. The standard InChI is InChI=1S/C30H39F3O/c1-11-12-13-14-15-23(6)29(32)30(33)25(8)22(5)17-16-21(4)24(7)18-28(31)26(9)27(10)34-19-20(2)3/h11,16-18,20,27H,1,4-9,12-15,19H2,2-3,10H3/b17-16-,28-18+,30-29-. The summed E-state index contributed by atoms with van der Waals surface area (Å²) < 4.78 is 49.0. The highest BCUT2D eigenvalue weighted by molar-refractivity contribution is 5.53. The molecule has 34 heavy (non-hydrogen) atoms. The number of ether oxygens (including phenoxy) is 1. The minimum Gasteiger partial charge on any atom is -0.373 e. The second-order valence-corrected chi connectivity index (χ2v) is 8.54. The molecule has 0 N–H and O–H groups in total. The lowest BCUT2D eigenvalue weighted by Gasteiger charge is -2.16. The van der Waals surface area contributed by atoms with Gasteiger partial charge in [-0.1, -0.05) is 71.5 Å². The third-order valence-corrected chi connectivity index (χ3v) is 4.97. The maximum Gasteiger partial charge on any atom is 0.166 e. The van der Waals surface area contributed by atoms with Crippen LogP contribution in [0.25, 0.3) is 0 Å². The van der Waals surface area contributed by atoms with Crippen LogP contribution in [-0.4, -0.2) is 12.7 Å². The minimum absolute atomic E-state index is 0.0738. The molecule has 0 radical (unpaired) electrons. The van der Waals surface area contributed by atoms with Crippen molar-refractivity contribution < 1.29 is 17.9 Å². The van der Waals surface area contributed by atoms with Gasteiger partial charge in [0.15, 0.2) is 11.7 Å². The average molecular weight is 473 g/mol. The highest BCUT2D eigenvalue weighted by atomic mass is 19.2. The van der Waals surface area contributed by atoms with Gasteiger partial charge in [0.25, 0.3) is 0 Å². The first-order valence-electron chi connectivity index (χ1n) is 11.3. The Hall–Kier alpha value is -2.85. The highest BCUT2D eigenvalue weighted by Crippen LogP contribution is 2.29. The Morgan fingerprint density at radius 1 is 0.824 bits per heavy atom. The van der Waals surface area contributed by atoms with E-state index < -0.39 is 23.6 Å². The fourth-order valence-corrected chi connectivity index (χ4v) is 2.54. The molecular formula is C30H39F3O. The van der Waals surface area contributed by atoms with Gasteiger partial charge in [-0.3, -0.25) is 0 Å². The first-order chi connectivity index (χ1) is 15.8. The van der Waals surface area contributed by atoms with Crippen LogP contribution >= 0.6 is 0 Å². The normalized spacial score (nSPS) is 13.4. The topological polar surface area (TPSA) is 9.23 Å². The van der Waals surface area contributed by atoms with Crippen LogP contribution < -0.4 is 0 Å². The molecular weight excluding hydrogens is 433 g/mol. The monoisotopic (exact) mass is 472 g/mol. The first-order valence-corrected chi connectivity index (χ1v) is 11.3. The van der Waals surface area contributed by atoms with Crippen molar-refractivity contribution >= 4 is 0 Å². The molecule has 1 unspecified atom stereocenters. The van der Waals surface area contributed by atoms with Crippen LogP contribution in [-0.2, 0) is 4.74 Å². The number of rotatable bonds is 17. The molecule has 186 valence electrons. The van der Waals surface area contributed by atoms with Gasteiger partial charge < -0.3 is 4.74 Å². The van der Waals surface area contributed by atoms with Crippen LogP contribution in [0.3, 0.4) is 0 Å². The zero-order valence-electron chi connectivity index (χ0n) is 21.0. The van der Waals surface area contributed by atoms with Crippen molar-refractivity contribution in [1.82, 2.24) is 0 Å². The van der Waals surface area contributed by atoms with Gasteiger partial charge in [0, 0.05) is 17.8 Å². The van der Waals surface area contributed by atoms with Gasteiger partial charge in [-0.25, -0.2) is 13.2 Å². The smallest absolute Gasteiger partial charge is 0.166 e. The summed E-state index contributed by atoms with van der Waals surface area (Å²) in [5, 5.41) is 0. The van der Waals surface area contributed by atoms with Crippen LogP contribution in [0.2, 0.25) is 0 Å². The van der Waals surface area contributed by atoms with E-state index >= 15 is 0 Å². The Bertz CT molecular complexity index is 909. The minimum atomic E-state index is -1.11. The van der Waals surface area contributed by atoms with E-state index in [0.29, 0.717) is 36.5 Å². The third-order valence-electron chi connectivity index (χ3n) is 4.97. The lowest BCUT2D eigenvalue weighted by atomic mass is 10.0. The van der Waals surface area contributed by atoms with Crippen molar-refractivity contribution in [2.75, 3.05) is 6.61 Å². The van der Waals surface area contributed by atoms with Crippen molar-refractivity contribution in [2.24, 2.45) is 5.92 Å². The number of hydrogen-bond acceptors (Lipinski definition) is 1. The molecule has 0 saturated heterocycles. The Balaban J connectivity index is 5.09. The quantitative estimate of drug-likeness (QED) is 0.116. The van der Waals surface area contributed by atoms with Crippen LogP contribution in [0.4, 0.5) is 13.2 Å². The summed E-state index contributed by atoms with van der Waals surface area (Å²) in [4.78, 5) is 0. The van der Waals surface area contributed by atoms with Crippen LogP contribution in [0, 0.1) is 5.92 Å². The molecule has 0 saturated carbocycles. The van der Waals surface area contributed by atoms with E-state index in [0.717, 1.165) is 12.8 Å².